The summed E-state index contributed by atoms with van der Waals surface area (Å²) in [4.78, 5) is 40.9. The van der Waals surface area contributed by atoms with Crippen LogP contribution in [0.4, 0.5) is 0 Å². The second-order valence-corrected chi connectivity index (χ2v) is 7.44. The lowest BCUT2D eigenvalue weighted by molar-refractivity contribution is -0.576. The zero-order valence-corrected chi connectivity index (χ0v) is 17.3. The van der Waals surface area contributed by atoms with Crippen LogP contribution in [0.3, 0.4) is 0 Å². The monoisotopic (exact) mass is 423 g/mol. The molecule has 30 heavy (non-hydrogen) atoms. The summed E-state index contributed by atoms with van der Waals surface area (Å²) >= 11 is 6.07. The Morgan fingerprint density at radius 1 is 1.03 bits per heavy atom. The van der Waals surface area contributed by atoms with Crippen molar-refractivity contribution in [3.63, 3.8) is 0 Å². The molecule has 0 bridgehead atoms. The number of hydrogen-bond acceptors (Lipinski definition) is 3. The molecule has 3 heterocycles. The Morgan fingerprint density at radius 2 is 1.77 bits per heavy atom. The molecular formula is C22H20ClN4O3+. The Kier molecular flexibility index (Phi) is 5.13. The largest absolute Gasteiger partial charge is 0.326 e. The molecule has 152 valence electrons. The van der Waals surface area contributed by atoms with Crippen LogP contribution in [0.5, 0.6) is 0 Å². The molecule has 4 rings (SSSR count). The lowest BCUT2D eigenvalue weighted by Gasteiger charge is -2.11. The summed E-state index contributed by atoms with van der Waals surface area (Å²) < 4.78 is 2.91. The molecule has 1 N–H and O–H groups in total. The smallest absolute Gasteiger partial charge is 0.295 e. The van der Waals surface area contributed by atoms with Crippen LogP contribution in [0.2, 0.25) is 5.02 Å². The Hall–Kier alpha value is -3.45. The van der Waals surface area contributed by atoms with Gasteiger partial charge in [0.25, 0.3) is 17.2 Å². The zero-order valence-electron chi connectivity index (χ0n) is 16.6. The highest BCUT2D eigenvalue weighted by Crippen LogP contribution is 2.30. The maximum atomic E-state index is 13.3. The first-order valence-corrected chi connectivity index (χ1v) is 9.97. The predicted molar refractivity (Wildman–Crippen MR) is 113 cm³/mol. The van der Waals surface area contributed by atoms with Crippen molar-refractivity contribution in [2.75, 3.05) is 6.54 Å². The Bertz CT molecular complexity index is 1240. The summed E-state index contributed by atoms with van der Waals surface area (Å²) in [5, 5.41) is 3.49. The van der Waals surface area contributed by atoms with E-state index in [-0.39, 0.29) is 23.4 Å². The number of hydrogen-bond donors (Lipinski definition) is 1. The van der Waals surface area contributed by atoms with Crippen molar-refractivity contribution in [3.8, 4) is 5.69 Å². The molecule has 8 heteroatoms. The number of carbonyl (C=O) groups is 2. The number of imide groups is 1. The second-order valence-electron chi connectivity index (χ2n) is 7.00. The molecule has 7 nitrogen and oxygen atoms in total. The minimum Gasteiger partial charge on any atom is -0.295 e. The third-order valence-corrected chi connectivity index (χ3v) is 5.19. The number of nitrogens with one attached hydrogen (secondary N) is 1. The number of carbonyl (C=O) groups excluding carboxylic acids is 2. The van der Waals surface area contributed by atoms with Crippen LogP contribution in [-0.4, -0.2) is 33.0 Å². The van der Waals surface area contributed by atoms with Crippen molar-refractivity contribution >= 4 is 34.7 Å². The van der Waals surface area contributed by atoms with E-state index in [1.807, 2.05) is 13.0 Å². The molecule has 3 aromatic rings. The first-order valence-electron chi connectivity index (χ1n) is 9.59. The third-order valence-electron chi connectivity index (χ3n) is 4.95. The number of benzene rings is 1. The minimum atomic E-state index is -0.467. The van der Waals surface area contributed by atoms with Crippen LogP contribution in [0.15, 0.2) is 59.7 Å². The standard InChI is InChI=1S/C22H19ClN4O3/c1-3-10-26-20(28)18(19(22(26)30)25-11-5-4-6-12-25)17-14(2)24-27(21(17)29)16-9-7-8-15(23)13-16/h4-9,11-13H,3,10H2,1-2H3/p+1. The fraction of sp³-hybridized carbons (Fsp3) is 0.182. The quantitative estimate of drug-likeness (QED) is 0.506. The average Bonchev–Trinajstić information content (AvgIpc) is 3.16. The summed E-state index contributed by atoms with van der Waals surface area (Å²) in [5.41, 5.74) is 1.06. The van der Waals surface area contributed by atoms with Crippen LogP contribution in [0.1, 0.15) is 24.6 Å². The van der Waals surface area contributed by atoms with Gasteiger partial charge in [-0.2, -0.15) is 4.57 Å². The fourth-order valence-electron chi connectivity index (χ4n) is 3.64. The van der Waals surface area contributed by atoms with Gasteiger partial charge in [0.05, 0.1) is 11.3 Å². The van der Waals surface area contributed by atoms with Gasteiger partial charge in [0.2, 0.25) is 0 Å². The number of amides is 2. The van der Waals surface area contributed by atoms with Crippen molar-refractivity contribution in [1.29, 1.82) is 0 Å². The highest BCUT2D eigenvalue weighted by Gasteiger charge is 2.46. The van der Waals surface area contributed by atoms with Gasteiger partial charge in [0.1, 0.15) is 5.57 Å². The van der Waals surface area contributed by atoms with Gasteiger partial charge in [-0.25, -0.2) is 4.68 Å². The third kappa shape index (κ3) is 3.17. The van der Waals surface area contributed by atoms with E-state index < -0.39 is 17.4 Å². The van der Waals surface area contributed by atoms with Crippen LogP contribution in [0, 0.1) is 6.92 Å². The topological polar surface area (TPSA) is 79.1 Å². The van der Waals surface area contributed by atoms with Gasteiger partial charge in [0.15, 0.2) is 12.4 Å². The molecule has 0 spiro atoms. The van der Waals surface area contributed by atoms with Gasteiger partial charge >= 0.3 is 5.91 Å². The number of aromatic amines is 1. The molecule has 0 saturated carbocycles. The van der Waals surface area contributed by atoms with Gasteiger partial charge in [-0.3, -0.25) is 24.4 Å². The maximum absolute atomic E-state index is 13.3. The molecule has 1 aliphatic heterocycles. The van der Waals surface area contributed by atoms with Crippen molar-refractivity contribution < 1.29 is 14.2 Å². The SMILES string of the molecule is CCCN1C(=O)C(c2c(C)[nH]n(-c3cccc(Cl)c3)c2=O)=C([n+]2ccccc2)C1=O. The molecule has 0 aliphatic carbocycles. The maximum Gasteiger partial charge on any atom is 0.326 e. The number of aryl methyl sites for hydroxylation is 1. The number of pyridine rings is 1. The molecular weight excluding hydrogens is 404 g/mol. The first kappa shape index (κ1) is 19.8. The van der Waals surface area contributed by atoms with E-state index in [1.54, 1.807) is 60.3 Å². The van der Waals surface area contributed by atoms with Crippen molar-refractivity contribution in [1.82, 2.24) is 14.7 Å². The summed E-state index contributed by atoms with van der Waals surface area (Å²) in [6, 6.07) is 12.2. The summed E-state index contributed by atoms with van der Waals surface area (Å²) in [6.07, 6.45) is 4.00. The Balaban J connectivity index is 1.97. The number of halogens is 1. The lowest BCUT2D eigenvalue weighted by Crippen LogP contribution is -2.39. The Morgan fingerprint density at radius 3 is 2.43 bits per heavy atom. The number of aromatic nitrogens is 3. The molecule has 0 atom stereocenters. The van der Waals surface area contributed by atoms with Crippen LogP contribution >= 0.6 is 11.6 Å². The average molecular weight is 424 g/mol. The van der Waals surface area contributed by atoms with E-state index in [2.05, 4.69) is 5.10 Å². The fourth-order valence-corrected chi connectivity index (χ4v) is 3.83. The van der Waals surface area contributed by atoms with Crippen molar-refractivity contribution in [2.45, 2.75) is 20.3 Å². The highest BCUT2D eigenvalue weighted by molar-refractivity contribution is 6.44. The minimum absolute atomic E-state index is 0.101. The van der Waals surface area contributed by atoms with Crippen molar-refractivity contribution in [2.24, 2.45) is 0 Å². The van der Waals surface area contributed by atoms with E-state index in [4.69, 9.17) is 11.6 Å². The van der Waals surface area contributed by atoms with Crippen molar-refractivity contribution in [3.05, 3.63) is 81.5 Å². The zero-order chi connectivity index (χ0) is 21.4. The van der Waals surface area contributed by atoms with E-state index >= 15 is 0 Å². The molecule has 0 radical (unpaired) electrons. The molecule has 0 fully saturated rings. The highest BCUT2D eigenvalue weighted by atomic mass is 35.5. The molecule has 1 aromatic carbocycles. The van der Waals surface area contributed by atoms with Crippen LogP contribution in [0.25, 0.3) is 17.0 Å². The Labute approximate surface area is 177 Å². The van der Waals surface area contributed by atoms with E-state index in [9.17, 15) is 14.4 Å². The first-order chi connectivity index (χ1) is 14.4. The summed E-state index contributed by atoms with van der Waals surface area (Å²) in [7, 11) is 0. The lowest BCUT2D eigenvalue weighted by atomic mass is 10.1. The van der Waals surface area contributed by atoms with Gasteiger partial charge in [0, 0.05) is 29.4 Å². The van der Waals surface area contributed by atoms with Gasteiger partial charge in [-0.15, -0.1) is 0 Å². The molecule has 2 aromatic heterocycles. The number of nitrogens with zero attached hydrogens (tertiary/aromatic N) is 3. The van der Waals surface area contributed by atoms with Crippen LogP contribution in [-0.2, 0) is 9.59 Å². The van der Waals surface area contributed by atoms with Gasteiger partial charge in [-0.05, 0) is 31.5 Å². The van der Waals surface area contributed by atoms with E-state index in [0.29, 0.717) is 22.8 Å². The number of H-pyrrole nitrogens is 1. The van der Waals surface area contributed by atoms with Gasteiger partial charge < -0.3 is 0 Å². The normalized spacial score (nSPS) is 14.2. The van der Waals surface area contributed by atoms with Crippen LogP contribution < -0.4 is 10.1 Å². The van der Waals surface area contributed by atoms with E-state index in [1.165, 1.54) is 9.58 Å². The molecule has 0 saturated heterocycles. The molecule has 1 aliphatic rings. The molecule has 2 amide bonds. The number of rotatable bonds is 5. The van der Waals surface area contributed by atoms with Gasteiger partial charge in [-0.1, -0.05) is 30.7 Å². The summed E-state index contributed by atoms with van der Waals surface area (Å²) in [5.74, 6) is -0.881. The second kappa shape index (κ2) is 7.76. The van der Waals surface area contributed by atoms with E-state index in [0.717, 1.165) is 0 Å². The predicted octanol–water partition coefficient (Wildman–Crippen LogP) is 2.56. The molecule has 0 unspecified atom stereocenters. The summed E-state index contributed by atoms with van der Waals surface area (Å²) in [6.45, 7) is 3.88.